The SMILES string of the molecule is CCCC[N+](C)CCC. The summed E-state index contributed by atoms with van der Waals surface area (Å²) in [6.45, 7) is 6.98. The summed E-state index contributed by atoms with van der Waals surface area (Å²) < 4.78 is 0. The molecule has 0 aromatic rings. The van der Waals surface area contributed by atoms with Crippen LogP contribution >= 0.6 is 0 Å². The van der Waals surface area contributed by atoms with Gasteiger partial charge in [0.05, 0.1) is 0 Å². The molecule has 0 fully saturated rings. The van der Waals surface area contributed by atoms with E-state index < -0.39 is 0 Å². The third kappa shape index (κ3) is 5.84. The molecule has 0 rings (SSSR count). The number of hydrogen-bond donors (Lipinski definition) is 0. The first kappa shape index (κ1) is 8.96. The van der Waals surface area contributed by atoms with Crippen molar-refractivity contribution in [3.05, 3.63) is 0 Å². The second-order valence-corrected chi connectivity index (χ2v) is 2.66. The van der Waals surface area contributed by atoms with Crippen LogP contribution in [0.2, 0.25) is 0 Å². The van der Waals surface area contributed by atoms with E-state index >= 15 is 0 Å². The van der Waals surface area contributed by atoms with Gasteiger partial charge in [0.1, 0.15) is 20.1 Å². The van der Waals surface area contributed by atoms with Crippen LogP contribution in [0.3, 0.4) is 0 Å². The summed E-state index contributed by atoms with van der Waals surface area (Å²) in [5.74, 6) is 0. The lowest BCUT2D eigenvalue weighted by Crippen LogP contribution is -2.26. The van der Waals surface area contributed by atoms with E-state index in [4.69, 9.17) is 0 Å². The van der Waals surface area contributed by atoms with Gasteiger partial charge in [-0.2, -0.15) is 4.90 Å². The highest BCUT2D eigenvalue weighted by Crippen LogP contribution is 1.89. The van der Waals surface area contributed by atoms with E-state index in [0.717, 1.165) is 0 Å². The quantitative estimate of drug-likeness (QED) is 0.500. The van der Waals surface area contributed by atoms with Crippen molar-refractivity contribution < 1.29 is 0 Å². The number of nitrogens with zero attached hydrogens (tertiary/aromatic N) is 1. The molecule has 0 saturated heterocycles. The minimum absolute atomic E-state index is 1.25. The van der Waals surface area contributed by atoms with Crippen molar-refractivity contribution in [3.8, 4) is 0 Å². The Morgan fingerprint density at radius 2 is 1.67 bits per heavy atom. The maximum Gasteiger partial charge on any atom is 0.122 e. The predicted octanol–water partition coefficient (Wildman–Crippen LogP) is 1.97. The molecule has 0 unspecified atom stereocenters. The zero-order chi connectivity index (χ0) is 7.11. The van der Waals surface area contributed by atoms with E-state index in [2.05, 4.69) is 25.8 Å². The summed E-state index contributed by atoms with van der Waals surface area (Å²) in [7, 11) is 2.19. The standard InChI is InChI=1S/C8H19N/c1-4-6-8-9(3)7-5-2/h4-8H2,1-3H3/q+1. The Bertz CT molecular complexity index is 52.5. The minimum Gasteiger partial charge on any atom is -0.173 e. The smallest absolute Gasteiger partial charge is 0.122 e. The van der Waals surface area contributed by atoms with Crippen LogP contribution in [0.5, 0.6) is 0 Å². The molecule has 0 aliphatic heterocycles. The van der Waals surface area contributed by atoms with E-state index in [1.165, 1.54) is 32.4 Å². The van der Waals surface area contributed by atoms with Gasteiger partial charge in [-0.3, -0.25) is 0 Å². The molecule has 0 amide bonds. The Morgan fingerprint density at radius 1 is 1.00 bits per heavy atom. The highest BCUT2D eigenvalue weighted by atomic mass is 15.1. The third-order valence-corrected chi connectivity index (χ3v) is 1.50. The fourth-order valence-corrected chi connectivity index (χ4v) is 0.922. The van der Waals surface area contributed by atoms with E-state index in [0.29, 0.717) is 0 Å². The van der Waals surface area contributed by atoms with Crippen LogP contribution < -0.4 is 4.90 Å². The molecule has 55 valence electrons. The minimum atomic E-state index is 1.25. The highest BCUT2D eigenvalue weighted by molar-refractivity contribution is 4.54. The molecule has 0 N–H and O–H groups in total. The second kappa shape index (κ2) is 6.09. The summed E-state index contributed by atoms with van der Waals surface area (Å²) in [5.41, 5.74) is 0. The molecule has 0 aromatic heterocycles. The van der Waals surface area contributed by atoms with Crippen LogP contribution in [0.4, 0.5) is 0 Å². The molecule has 0 aliphatic carbocycles. The Kier molecular flexibility index (Phi) is 6.06. The van der Waals surface area contributed by atoms with Gasteiger partial charge in [-0.1, -0.05) is 20.3 Å². The zero-order valence-electron chi connectivity index (χ0n) is 6.98. The van der Waals surface area contributed by atoms with E-state index in [-0.39, 0.29) is 0 Å². The van der Waals surface area contributed by atoms with Gasteiger partial charge in [0.2, 0.25) is 0 Å². The molecule has 0 spiro atoms. The first-order chi connectivity index (χ1) is 4.31. The molecule has 0 atom stereocenters. The molecule has 0 aliphatic rings. The zero-order valence-corrected chi connectivity index (χ0v) is 6.98. The van der Waals surface area contributed by atoms with E-state index in [1.807, 2.05) is 0 Å². The number of hydrogen-bond acceptors (Lipinski definition) is 1. The van der Waals surface area contributed by atoms with Crippen LogP contribution in [-0.2, 0) is 0 Å². The monoisotopic (exact) mass is 129 g/mol. The predicted molar refractivity (Wildman–Crippen MR) is 43.0 cm³/mol. The molecule has 0 bridgehead atoms. The molecule has 0 aromatic carbocycles. The Balaban J connectivity index is 2.95. The first-order valence-electron chi connectivity index (χ1n) is 3.99. The van der Waals surface area contributed by atoms with Gasteiger partial charge in [0, 0.05) is 6.42 Å². The second-order valence-electron chi connectivity index (χ2n) is 2.66. The van der Waals surface area contributed by atoms with Gasteiger partial charge in [-0.15, -0.1) is 0 Å². The summed E-state index contributed by atoms with van der Waals surface area (Å²) in [4.78, 5) is 2.39. The van der Waals surface area contributed by atoms with Gasteiger partial charge < -0.3 is 0 Å². The molecular formula is C8H19N+. The van der Waals surface area contributed by atoms with Gasteiger partial charge in [-0.05, 0) is 6.42 Å². The van der Waals surface area contributed by atoms with Crippen molar-refractivity contribution >= 4 is 0 Å². The van der Waals surface area contributed by atoms with Gasteiger partial charge in [-0.25, -0.2) is 0 Å². The number of unbranched alkanes of at least 4 members (excludes halogenated alkanes) is 1. The van der Waals surface area contributed by atoms with Gasteiger partial charge >= 0.3 is 0 Å². The van der Waals surface area contributed by atoms with Crippen molar-refractivity contribution in [2.24, 2.45) is 0 Å². The molecule has 1 nitrogen and oxygen atoms in total. The van der Waals surface area contributed by atoms with Crippen molar-refractivity contribution in [1.29, 1.82) is 0 Å². The Morgan fingerprint density at radius 3 is 2.11 bits per heavy atom. The molecule has 1 heteroatoms. The fourth-order valence-electron chi connectivity index (χ4n) is 0.922. The summed E-state index contributed by atoms with van der Waals surface area (Å²) in [6, 6.07) is 0. The normalized spacial score (nSPS) is 10.7. The summed E-state index contributed by atoms with van der Waals surface area (Å²) in [6.07, 6.45) is 3.94. The van der Waals surface area contributed by atoms with E-state index in [9.17, 15) is 0 Å². The van der Waals surface area contributed by atoms with Crippen molar-refractivity contribution in [2.45, 2.75) is 33.1 Å². The van der Waals surface area contributed by atoms with Crippen LogP contribution in [0.15, 0.2) is 0 Å². The molecule has 0 saturated carbocycles. The lowest BCUT2D eigenvalue weighted by molar-refractivity contribution is 0.460. The lowest BCUT2D eigenvalue weighted by atomic mass is 10.3. The van der Waals surface area contributed by atoms with Gasteiger partial charge in [0.25, 0.3) is 0 Å². The van der Waals surface area contributed by atoms with Crippen molar-refractivity contribution in [3.63, 3.8) is 0 Å². The van der Waals surface area contributed by atoms with Crippen LogP contribution in [0.1, 0.15) is 33.1 Å². The maximum absolute atomic E-state index is 2.39. The third-order valence-electron chi connectivity index (χ3n) is 1.50. The van der Waals surface area contributed by atoms with E-state index in [1.54, 1.807) is 0 Å². The largest absolute Gasteiger partial charge is 0.173 e. The average Bonchev–Trinajstić information content (AvgIpc) is 1.85. The topological polar surface area (TPSA) is 5.90 Å². The van der Waals surface area contributed by atoms with Gasteiger partial charge in [0.15, 0.2) is 0 Å². The summed E-state index contributed by atoms with van der Waals surface area (Å²) in [5, 5.41) is 0. The average molecular weight is 129 g/mol. The van der Waals surface area contributed by atoms with Crippen LogP contribution in [0, 0.1) is 0 Å². The summed E-state index contributed by atoms with van der Waals surface area (Å²) >= 11 is 0. The highest BCUT2D eigenvalue weighted by Gasteiger charge is 2.02. The Labute approximate surface area is 59.1 Å². The molecule has 1 radical (unpaired) electrons. The molecule has 9 heavy (non-hydrogen) atoms. The lowest BCUT2D eigenvalue weighted by Gasteiger charge is -2.02. The first-order valence-corrected chi connectivity index (χ1v) is 3.99. The van der Waals surface area contributed by atoms with Crippen molar-refractivity contribution in [2.75, 3.05) is 20.1 Å². The van der Waals surface area contributed by atoms with Crippen LogP contribution in [-0.4, -0.2) is 20.1 Å². The maximum atomic E-state index is 2.39. The Hall–Kier alpha value is -0.0400. The van der Waals surface area contributed by atoms with Crippen LogP contribution in [0.25, 0.3) is 0 Å². The molecule has 0 heterocycles. The fraction of sp³-hybridized carbons (Fsp3) is 1.00. The molecular weight excluding hydrogens is 110 g/mol. The van der Waals surface area contributed by atoms with Crippen molar-refractivity contribution in [1.82, 2.24) is 4.90 Å². The number of rotatable bonds is 5.